The molecule has 1 aromatic carbocycles. The fourth-order valence-corrected chi connectivity index (χ4v) is 3.26. The summed E-state index contributed by atoms with van der Waals surface area (Å²) in [6.07, 6.45) is 7.04. The molecule has 2 heterocycles. The number of methoxy groups -OCH3 is 1. The first-order valence-electron chi connectivity index (χ1n) is 8.71. The number of aromatic nitrogens is 2. The molecule has 6 nitrogen and oxygen atoms in total. The Hall–Kier alpha value is -2.50. The molecule has 0 radical (unpaired) electrons. The summed E-state index contributed by atoms with van der Waals surface area (Å²) < 4.78 is 12.9. The number of piperidine rings is 1. The van der Waals surface area contributed by atoms with Crippen LogP contribution in [0.15, 0.2) is 36.7 Å². The lowest BCUT2D eigenvalue weighted by molar-refractivity contribution is -0.137. The first-order valence-corrected chi connectivity index (χ1v) is 8.71. The molecule has 0 unspecified atom stereocenters. The second kappa shape index (κ2) is 8.05. The van der Waals surface area contributed by atoms with Gasteiger partial charge >= 0.3 is 0 Å². The Kier molecular flexibility index (Phi) is 5.58. The van der Waals surface area contributed by atoms with Gasteiger partial charge in [0, 0.05) is 12.7 Å². The topological polar surface area (TPSA) is 56.6 Å². The second-order valence-corrected chi connectivity index (χ2v) is 6.42. The highest BCUT2D eigenvalue weighted by molar-refractivity contribution is 5.78. The Bertz CT molecular complexity index is 713. The van der Waals surface area contributed by atoms with Crippen molar-refractivity contribution in [3.8, 4) is 11.5 Å². The summed E-state index contributed by atoms with van der Waals surface area (Å²) in [7, 11) is 1.59. The molecule has 6 heteroatoms. The van der Waals surface area contributed by atoms with Crippen molar-refractivity contribution in [3.05, 3.63) is 42.2 Å². The van der Waals surface area contributed by atoms with Gasteiger partial charge < -0.3 is 14.4 Å². The minimum absolute atomic E-state index is 0.0134. The molecule has 1 aliphatic heterocycles. The maximum Gasteiger partial charge on any atom is 0.260 e. The number of hydrogen-bond acceptors (Lipinski definition) is 4. The van der Waals surface area contributed by atoms with Gasteiger partial charge in [-0.15, -0.1) is 0 Å². The number of carbonyl (C=O) groups is 1. The molecule has 0 bridgehead atoms. The van der Waals surface area contributed by atoms with Gasteiger partial charge in [-0.25, -0.2) is 0 Å². The van der Waals surface area contributed by atoms with Gasteiger partial charge in [-0.05, 0) is 43.9 Å². The van der Waals surface area contributed by atoms with E-state index in [0.29, 0.717) is 11.5 Å². The van der Waals surface area contributed by atoms with Crippen LogP contribution in [0, 0.1) is 6.92 Å². The molecule has 1 amide bonds. The Labute approximate surface area is 148 Å². The number of ether oxygens (including phenoxy) is 2. The van der Waals surface area contributed by atoms with Crippen LogP contribution in [0.1, 0.15) is 24.8 Å². The number of hydrogen-bond donors (Lipinski definition) is 0. The van der Waals surface area contributed by atoms with Crippen LogP contribution in [0.25, 0.3) is 0 Å². The molecule has 0 N–H and O–H groups in total. The standard InChI is InChI=1S/C19H25N3O3/c1-15-11-20-21(12-15)13-16-7-5-6-10-22(16)19(23)14-25-18-9-4-3-8-17(18)24-2/h3-4,8-9,11-12,16H,5-7,10,13-14H2,1-2H3/t16-/m1/s1. The number of carbonyl (C=O) groups excluding carboxylic acids is 1. The largest absolute Gasteiger partial charge is 0.493 e. The van der Waals surface area contributed by atoms with Crippen LogP contribution < -0.4 is 9.47 Å². The van der Waals surface area contributed by atoms with Gasteiger partial charge in [0.1, 0.15) is 0 Å². The fraction of sp³-hybridized carbons (Fsp3) is 0.474. The van der Waals surface area contributed by atoms with Gasteiger partial charge in [0.25, 0.3) is 5.91 Å². The van der Waals surface area contributed by atoms with E-state index in [1.165, 1.54) is 0 Å². The van der Waals surface area contributed by atoms with Crippen LogP contribution in [0.5, 0.6) is 11.5 Å². The summed E-state index contributed by atoms with van der Waals surface area (Å²) in [4.78, 5) is 14.6. The lowest BCUT2D eigenvalue weighted by Gasteiger charge is -2.35. The van der Waals surface area contributed by atoms with Crippen molar-refractivity contribution in [2.24, 2.45) is 0 Å². The van der Waals surface area contributed by atoms with Crippen LogP contribution in [-0.2, 0) is 11.3 Å². The summed E-state index contributed by atoms with van der Waals surface area (Å²) in [5, 5.41) is 4.35. The van der Waals surface area contributed by atoms with Gasteiger partial charge in [0.15, 0.2) is 18.1 Å². The first-order chi connectivity index (χ1) is 12.2. The highest BCUT2D eigenvalue weighted by atomic mass is 16.5. The molecule has 1 aliphatic rings. The van der Waals surface area contributed by atoms with Crippen LogP contribution in [-0.4, -0.2) is 46.9 Å². The van der Waals surface area contributed by atoms with Crippen LogP contribution in [0.4, 0.5) is 0 Å². The summed E-state index contributed by atoms with van der Waals surface area (Å²) in [6, 6.07) is 7.55. The molecule has 3 rings (SSSR count). The summed E-state index contributed by atoms with van der Waals surface area (Å²) >= 11 is 0. The molecule has 1 aromatic heterocycles. The molecule has 0 spiro atoms. The third-order valence-corrected chi connectivity index (χ3v) is 4.53. The molecule has 1 atom stereocenters. The molecule has 25 heavy (non-hydrogen) atoms. The lowest BCUT2D eigenvalue weighted by Crippen LogP contribution is -2.47. The van der Waals surface area contributed by atoms with Crippen molar-refractivity contribution in [2.75, 3.05) is 20.3 Å². The average molecular weight is 343 g/mol. The molecule has 0 aliphatic carbocycles. The Morgan fingerprint density at radius 1 is 1.28 bits per heavy atom. The van der Waals surface area contributed by atoms with E-state index >= 15 is 0 Å². The molecular formula is C19H25N3O3. The Balaban J connectivity index is 1.62. The van der Waals surface area contributed by atoms with E-state index in [4.69, 9.17) is 9.47 Å². The van der Waals surface area contributed by atoms with Gasteiger partial charge in [0.05, 0.1) is 25.9 Å². The Morgan fingerprint density at radius 3 is 2.80 bits per heavy atom. The minimum atomic E-state index is 0.0134. The summed E-state index contributed by atoms with van der Waals surface area (Å²) in [5.74, 6) is 1.24. The fourth-order valence-electron chi connectivity index (χ4n) is 3.26. The first kappa shape index (κ1) is 17.3. The number of nitrogens with zero attached hydrogens (tertiary/aromatic N) is 3. The molecule has 0 saturated carbocycles. The van der Waals surface area contributed by atoms with Crippen molar-refractivity contribution in [2.45, 2.75) is 38.8 Å². The number of benzene rings is 1. The van der Waals surface area contributed by atoms with Gasteiger partial charge in [-0.2, -0.15) is 5.10 Å². The Morgan fingerprint density at radius 2 is 2.08 bits per heavy atom. The van der Waals surface area contributed by atoms with E-state index in [-0.39, 0.29) is 18.6 Å². The number of rotatable bonds is 6. The van der Waals surface area contributed by atoms with Gasteiger partial charge in [-0.3, -0.25) is 9.48 Å². The average Bonchev–Trinajstić information content (AvgIpc) is 3.05. The zero-order valence-corrected chi connectivity index (χ0v) is 14.9. The maximum atomic E-state index is 12.7. The molecule has 134 valence electrons. The van der Waals surface area contributed by atoms with E-state index in [0.717, 1.165) is 37.9 Å². The smallest absolute Gasteiger partial charge is 0.260 e. The monoisotopic (exact) mass is 343 g/mol. The number of likely N-dealkylation sites (tertiary alicyclic amines) is 1. The molecule has 2 aromatic rings. The van der Waals surface area contributed by atoms with Gasteiger partial charge in [0.2, 0.25) is 0 Å². The van der Waals surface area contributed by atoms with Crippen molar-refractivity contribution < 1.29 is 14.3 Å². The lowest BCUT2D eigenvalue weighted by atomic mass is 10.0. The maximum absolute atomic E-state index is 12.7. The third-order valence-electron chi connectivity index (χ3n) is 4.53. The second-order valence-electron chi connectivity index (χ2n) is 6.42. The van der Waals surface area contributed by atoms with Crippen molar-refractivity contribution in [3.63, 3.8) is 0 Å². The zero-order valence-electron chi connectivity index (χ0n) is 14.9. The predicted octanol–water partition coefficient (Wildman–Crippen LogP) is 2.66. The van der Waals surface area contributed by atoms with E-state index in [2.05, 4.69) is 5.10 Å². The predicted molar refractivity (Wildman–Crippen MR) is 94.8 cm³/mol. The third kappa shape index (κ3) is 4.32. The van der Waals surface area contributed by atoms with E-state index in [9.17, 15) is 4.79 Å². The molecule has 1 saturated heterocycles. The van der Waals surface area contributed by atoms with Crippen molar-refractivity contribution >= 4 is 5.91 Å². The molecule has 1 fully saturated rings. The van der Waals surface area contributed by atoms with Crippen molar-refractivity contribution in [1.82, 2.24) is 14.7 Å². The van der Waals surface area contributed by atoms with Crippen molar-refractivity contribution in [1.29, 1.82) is 0 Å². The highest BCUT2D eigenvalue weighted by Gasteiger charge is 2.27. The summed E-state index contributed by atoms with van der Waals surface area (Å²) in [6.45, 7) is 3.55. The zero-order chi connectivity index (χ0) is 17.6. The van der Waals surface area contributed by atoms with Crippen LogP contribution in [0.3, 0.4) is 0 Å². The van der Waals surface area contributed by atoms with Gasteiger partial charge in [-0.1, -0.05) is 12.1 Å². The number of para-hydroxylation sites is 2. The minimum Gasteiger partial charge on any atom is -0.493 e. The normalized spacial score (nSPS) is 17.4. The van der Waals surface area contributed by atoms with Crippen LogP contribution in [0.2, 0.25) is 0 Å². The molecular weight excluding hydrogens is 318 g/mol. The van der Waals surface area contributed by atoms with E-state index in [1.54, 1.807) is 7.11 Å². The van der Waals surface area contributed by atoms with E-state index in [1.807, 2.05) is 53.2 Å². The SMILES string of the molecule is COc1ccccc1OCC(=O)N1CCCC[C@@H]1Cn1cc(C)cn1. The highest BCUT2D eigenvalue weighted by Crippen LogP contribution is 2.26. The van der Waals surface area contributed by atoms with Crippen LogP contribution >= 0.6 is 0 Å². The number of amides is 1. The van der Waals surface area contributed by atoms with E-state index < -0.39 is 0 Å². The quantitative estimate of drug-likeness (QED) is 0.809. The number of aryl methyl sites for hydroxylation is 1. The summed E-state index contributed by atoms with van der Waals surface area (Å²) in [5.41, 5.74) is 1.13.